The van der Waals surface area contributed by atoms with Crippen molar-refractivity contribution < 1.29 is 45.2 Å². The molecule has 29 heavy (non-hydrogen) atoms. The Morgan fingerprint density at radius 3 is 2.45 bits per heavy atom. The number of aromatic hydroxyl groups is 2. The normalized spacial score (nSPS) is 31.1. The summed E-state index contributed by atoms with van der Waals surface area (Å²) in [7, 11) is 0. The average molecular weight is 406 g/mol. The average Bonchev–Trinajstić information content (AvgIpc) is 2.68. The first-order valence-corrected chi connectivity index (χ1v) is 9.15. The molecule has 0 radical (unpaired) electrons. The summed E-state index contributed by atoms with van der Waals surface area (Å²) in [5, 5.41) is 70.2. The van der Waals surface area contributed by atoms with Crippen LogP contribution in [-0.4, -0.2) is 73.1 Å². The lowest BCUT2D eigenvalue weighted by Crippen LogP contribution is -2.60. The molecule has 7 N–H and O–H groups in total. The van der Waals surface area contributed by atoms with E-state index in [1.54, 1.807) is 12.1 Å². The van der Waals surface area contributed by atoms with Crippen molar-refractivity contribution in [1.29, 1.82) is 0 Å². The molecule has 6 unspecified atom stereocenters. The van der Waals surface area contributed by atoms with E-state index in [2.05, 4.69) is 0 Å². The van der Waals surface area contributed by atoms with E-state index in [0.717, 1.165) is 0 Å². The highest BCUT2D eigenvalue weighted by Crippen LogP contribution is 2.49. The molecule has 2 aliphatic rings. The Kier molecular flexibility index (Phi) is 5.11. The Labute approximate surface area is 165 Å². The van der Waals surface area contributed by atoms with Gasteiger partial charge in [0.2, 0.25) is 6.29 Å². The minimum atomic E-state index is -1.61. The van der Waals surface area contributed by atoms with E-state index in [1.807, 2.05) is 0 Å². The van der Waals surface area contributed by atoms with Crippen molar-refractivity contribution in [3.63, 3.8) is 0 Å². The highest BCUT2D eigenvalue weighted by Gasteiger charge is 2.45. The zero-order valence-electron chi connectivity index (χ0n) is 15.2. The maximum absolute atomic E-state index is 10.5. The number of aliphatic hydroxyl groups excluding tert-OH is 5. The largest absolute Gasteiger partial charge is 0.508 e. The van der Waals surface area contributed by atoms with E-state index in [1.165, 1.54) is 18.2 Å². The topological polar surface area (TPSA) is 160 Å². The van der Waals surface area contributed by atoms with Crippen LogP contribution >= 0.6 is 0 Å². The van der Waals surface area contributed by atoms with E-state index in [9.17, 15) is 35.7 Å². The van der Waals surface area contributed by atoms with Crippen molar-refractivity contribution in [1.82, 2.24) is 0 Å². The third kappa shape index (κ3) is 3.31. The molecule has 4 rings (SSSR count). The van der Waals surface area contributed by atoms with Gasteiger partial charge in [0.25, 0.3) is 0 Å². The van der Waals surface area contributed by atoms with E-state index in [0.29, 0.717) is 22.3 Å². The molecule has 1 fully saturated rings. The summed E-state index contributed by atoms with van der Waals surface area (Å²) in [4.78, 5) is 0. The minimum Gasteiger partial charge on any atom is -0.508 e. The van der Waals surface area contributed by atoms with Gasteiger partial charge < -0.3 is 45.2 Å². The first-order valence-electron chi connectivity index (χ1n) is 9.15. The number of fused-ring (bicyclic) bond motifs is 3. The number of hydrogen-bond donors (Lipinski definition) is 7. The van der Waals surface area contributed by atoms with Crippen LogP contribution in [0, 0.1) is 0 Å². The Morgan fingerprint density at radius 2 is 1.72 bits per heavy atom. The van der Waals surface area contributed by atoms with E-state index in [4.69, 9.17) is 9.47 Å². The molecule has 0 bridgehead atoms. The van der Waals surface area contributed by atoms with Crippen molar-refractivity contribution in [2.75, 3.05) is 6.61 Å². The molecule has 6 atom stereocenters. The fourth-order valence-corrected chi connectivity index (χ4v) is 3.92. The summed E-state index contributed by atoms with van der Waals surface area (Å²) in [6, 6.07) is 7.42. The lowest BCUT2D eigenvalue weighted by atomic mass is 9.82. The van der Waals surface area contributed by atoms with Crippen LogP contribution in [-0.2, 0) is 11.2 Å². The lowest BCUT2D eigenvalue weighted by molar-refractivity contribution is -0.277. The zero-order valence-corrected chi connectivity index (χ0v) is 15.2. The smallest absolute Gasteiger partial charge is 0.229 e. The van der Waals surface area contributed by atoms with Crippen LogP contribution in [0.2, 0.25) is 0 Å². The number of hydrogen-bond acceptors (Lipinski definition) is 9. The van der Waals surface area contributed by atoms with E-state index < -0.39 is 43.4 Å². The van der Waals surface area contributed by atoms with Gasteiger partial charge >= 0.3 is 0 Å². The quantitative estimate of drug-likeness (QED) is 0.358. The minimum absolute atomic E-state index is 0.146. The summed E-state index contributed by atoms with van der Waals surface area (Å²) < 4.78 is 11.2. The second kappa shape index (κ2) is 7.45. The first kappa shape index (κ1) is 19.9. The van der Waals surface area contributed by atoms with Gasteiger partial charge in [0.1, 0.15) is 41.7 Å². The maximum atomic E-state index is 10.5. The SMILES string of the molecule is OCC1OC(Oc2cccc3c2-c2c(O)cc(O)cc2CC3O)C(O)C(O)C1O. The predicted octanol–water partition coefficient (Wildman–Crippen LogP) is -0.467. The van der Waals surface area contributed by atoms with Crippen molar-refractivity contribution in [2.45, 2.75) is 43.2 Å². The molecule has 9 heteroatoms. The highest BCUT2D eigenvalue weighted by molar-refractivity contribution is 5.84. The molecule has 1 saturated heterocycles. The molecule has 1 aliphatic carbocycles. The number of phenolic OH excluding ortho intramolecular Hbond substituents is 2. The fourth-order valence-electron chi connectivity index (χ4n) is 3.92. The molecule has 0 aromatic heterocycles. The summed E-state index contributed by atoms with van der Waals surface area (Å²) in [5.74, 6) is -0.213. The van der Waals surface area contributed by atoms with Crippen LogP contribution in [0.15, 0.2) is 30.3 Å². The Balaban J connectivity index is 1.77. The van der Waals surface area contributed by atoms with Gasteiger partial charge in [-0.3, -0.25) is 0 Å². The zero-order chi connectivity index (χ0) is 20.9. The molecule has 1 aliphatic heterocycles. The number of rotatable bonds is 3. The summed E-state index contributed by atoms with van der Waals surface area (Å²) in [6.07, 6.45) is -8.03. The molecular weight excluding hydrogens is 384 g/mol. The van der Waals surface area contributed by atoms with Crippen LogP contribution in [0.3, 0.4) is 0 Å². The maximum Gasteiger partial charge on any atom is 0.229 e. The fraction of sp³-hybridized carbons (Fsp3) is 0.400. The van der Waals surface area contributed by atoms with Crippen LogP contribution in [0.5, 0.6) is 17.2 Å². The third-order valence-electron chi connectivity index (χ3n) is 5.36. The van der Waals surface area contributed by atoms with Gasteiger partial charge in [-0.2, -0.15) is 0 Å². The Morgan fingerprint density at radius 1 is 0.966 bits per heavy atom. The van der Waals surface area contributed by atoms with Gasteiger partial charge in [0.15, 0.2) is 0 Å². The molecule has 0 saturated carbocycles. The molecular formula is C20H22O9. The van der Waals surface area contributed by atoms with Crippen molar-refractivity contribution in [3.05, 3.63) is 41.5 Å². The van der Waals surface area contributed by atoms with Gasteiger partial charge in [-0.1, -0.05) is 12.1 Å². The Hall–Kier alpha value is -2.40. The number of ether oxygens (including phenoxy) is 2. The van der Waals surface area contributed by atoms with Gasteiger partial charge in [0, 0.05) is 23.6 Å². The first-order chi connectivity index (χ1) is 13.8. The highest BCUT2D eigenvalue weighted by atomic mass is 16.7. The van der Waals surface area contributed by atoms with Crippen LogP contribution in [0.1, 0.15) is 17.2 Å². The van der Waals surface area contributed by atoms with Gasteiger partial charge in [0.05, 0.1) is 12.7 Å². The monoisotopic (exact) mass is 406 g/mol. The number of benzene rings is 2. The van der Waals surface area contributed by atoms with Gasteiger partial charge in [-0.25, -0.2) is 0 Å². The van der Waals surface area contributed by atoms with Crippen LogP contribution in [0.4, 0.5) is 0 Å². The van der Waals surface area contributed by atoms with Gasteiger partial charge in [-0.05, 0) is 23.3 Å². The number of phenols is 2. The second-order valence-electron chi connectivity index (χ2n) is 7.25. The Bertz CT molecular complexity index is 913. The van der Waals surface area contributed by atoms with Crippen molar-refractivity contribution in [3.8, 4) is 28.4 Å². The van der Waals surface area contributed by atoms with E-state index in [-0.39, 0.29) is 23.7 Å². The summed E-state index contributed by atoms with van der Waals surface area (Å²) in [5.41, 5.74) is 1.70. The molecule has 0 amide bonds. The second-order valence-corrected chi connectivity index (χ2v) is 7.25. The van der Waals surface area contributed by atoms with Crippen molar-refractivity contribution >= 4 is 0 Å². The van der Waals surface area contributed by atoms with E-state index >= 15 is 0 Å². The van der Waals surface area contributed by atoms with Crippen LogP contribution < -0.4 is 4.74 Å². The van der Waals surface area contributed by atoms with Crippen molar-refractivity contribution in [2.24, 2.45) is 0 Å². The summed E-state index contributed by atoms with van der Waals surface area (Å²) in [6.45, 7) is -0.598. The van der Waals surface area contributed by atoms with Gasteiger partial charge in [-0.15, -0.1) is 0 Å². The predicted molar refractivity (Wildman–Crippen MR) is 98.3 cm³/mol. The molecule has 2 aromatic rings. The molecule has 156 valence electrons. The molecule has 9 nitrogen and oxygen atoms in total. The molecule has 0 spiro atoms. The lowest BCUT2D eigenvalue weighted by Gasteiger charge is -2.40. The number of aliphatic hydroxyl groups is 5. The molecule has 2 aromatic carbocycles. The third-order valence-corrected chi connectivity index (χ3v) is 5.36. The standard InChI is InChI=1S/C20H22O9/c21-7-14-17(25)18(26)19(27)20(29-14)28-13-3-1-2-10-11(23)5-8-4-9(22)6-12(24)15(8)16(10)13/h1-4,6,11,14,17-27H,5,7H2. The summed E-state index contributed by atoms with van der Waals surface area (Å²) >= 11 is 0. The van der Waals surface area contributed by atoms with Crippen LogP contribution in [0.25, 0.3) is 11.1 Å². The molecule has 1 heterocycles.